The SMILES string of the molecule is CCO/C(C)=C/c1ncn(C(c2ccccc2)(c2ccccc2)c2ccccc2)n1.CCO[PH](=O)OCC. The van der Waals surface area contributed by atoms with Crippen molar-refractivity contribution in [2.24, 2.45) is 0 Å². The Labute approximate surface area is 226 Å². The molecular formula is C30H36N3O4P. The van der Waals surface area contributed by atoms with Gasteiger partial charge in [0.05, 0.1) is 25.6 Å². The van der Waals surface area contributed by atoms with Crippen LogP contribution in [-0.2, 0) is 23.9 Å². The fourth-order valence-corrected chi connectivity index (χ4v) is 4.72. The van der Waals surface area contributed by atoms with Gasteiger partial charge in [-0.25, -0.2) is 9.67 Å². The summed E-state index contributed by atoms with van der Waals surface area (Å²) in [7, 11) is -2.14. The second-order valence-corrected chi connectivity index (χ2v) is 9.24. The number of rotatable bonds is 11. The minimum Gasteiger partial charge on any atom is -0.498 e. The summed E-state index contributed by atoms with van der Waals surface area (Å²) < 4.78 is 27.1. The maximum absolute atomic E-state index is 10.4. The van der Waals surface area contributed by atoms with E-state index in [1.807, 2.05) is 42.8 Å². The average Bonchev–Trinajstić information content (AvgIpc) is 3.40. The standard InChI is InChI=1S/C26H25N3O.C4H11O3P/c1-3-30-21(2)19-25-27-20-29(28-25)26(22-13-7-4-8-14-22,23-15-9-5-10-16-23)24-17-11-6-12-18-24;1-3-6-8(5)7-4-2/h4-20H,3H2,1-2H3;8H,3-4H2,1-2H3/b21-19+;. The lowest BCUT2D eigenvalue weighted by Crippen LogP contribution is -2.38. The van der Waals surface area contributed by atoms with Gasteiger partial charge in [0.1, 0.15) is 11.9 Å². The molecule has 0 aliphatic carbocycles. The van der Waals surface area contributed by atoms with Crippen molar-refractivity contribution in [2.45, 2.75) is 33.2 Å². The zero-order valence-electron chi connectivity index (χ0n) is 22.4. The molecule has 0 aliphatic rings. The van der Waals surface area contributed by atoms with Crippen molar-refractivity contribution < 1.29 is 18.3 Å². The van der Waals surface area contributed by atoms with Gasteiger partial charge in [0.15, 0.2) is 5.82 Å². The van der Waals surface area contributed by atoms with Crippen molar-refractivity contribution in [3.05, 3.63) is 126 Å². The van der Waals surface area contributed by atoms with Gasteiger partial charge in [0, 0.05) is 6.08 Å². The van der Waals surface area contributed by atoms with Crippen LogP contribution in [0.3, 0.4) is 0 Å². The van der Waals surface area contributed by atoms with Crippen molar-refractivity contribution >= 4 is 14.3 Å². The zero-order valence-corrected chi connectivity index (χ0v) is 23.4. The topological polar surface area (TPSA) is 75.5 Å². The molecule has 0 N–H and O–H groups in total. The first-order chi connectivity index (χ1) is 18.6. The quantitative estimate of drug-likeness (QED) is 0.118. The van der Waals surface area contributed by atoms with E-state index in [0.717, 1.165) is 22.4 Å². The van der Waals surface area contributed by atoms with Gasteiger partial charge < -0.3 is 13.8 Å². The Morgan fingerprint density at radius 3 is 1.63 bits per heavy atom. The van der Waals surface area contributed by atoms with Gasteiger partial charge in [-0.3, -0.25) is 4.57 Å². The van der Waals surface area contributed by atoms with Crippen LogP contribution in [0.4, 0.5) is 0 Å². The van der Waals surface area contributed by atoms with Crippen molar-refractivity contribution in [1.82, 2.24) is 14.8 Å². The van der Waals surface area contributed by atoms with Crippen LogP contribution in [0.15, 0.2) is 103 Å². The lowest BCUT2D eigenvalue weighted by molar-refractivity contribution is 0.234. The maximum atomic E-state index is 10.4. The molecule has 4 rings (SSSR count). The number of nitrogens with zero attached hydrogens (tertiary/aromatic N) is 3. The minimum atomic E-state index is -2.14. The molecule has 1 heterocycles. The van der Waals surface area contributed by atoms with Crippen LogP contribution < -0.4 is 0 Å². The highest BCUT2D eigenvalue weighted by Gasteiger charge is 2.39. The van der Waals surface area contributed by atoms with Crippen molar-refractivity contribution in [2.75, 3.05) is 19.8 Å². The fraction of sp³-hybridized carbons (Fsp3) is 0.267. The van der Waals surface area contributed by atoms with E-state index < -0.39 is 13.8 Å². The third-order valence-corrected chi connectivity index (χ3v) is 6.71. The molecule has 0 spiro atoms. The molecule has 0 bridgehead atoms. The number of benzene rings is 3. The molecule has 0 amide bonds. The van der Waals surface area contributed by atoms with Gasteiger partial charge in [0.2, 0.25) is 0 Å². The van der Waals surface area contributed by atoms with Crippen LogP contribution in [0, 0.1) is 0 Å². The summed E-state index contributed by atoms with van der Waals surface area (Å²) in [4.78, 5) is 4.58. The first kappa shape index (κ1) is 29.1. The third-order valence-electron chi connectivity index (χ3n) is 5.66. The van der Waals surface area contributed by atoms with E-state index in [-0.39, 0.29) is 0 Å². The molecular weight excluding hydrogens is 497 g/mol. The Balaban J connectivity index is 0.000000436. The number of allylic oxidation sites excluding steroid dienone is 1. The first-order valence-corrected chi connectivity index (χ1v) is 14.0. The predicted octanol–water partition coefficient (Wildman–Crippen LogP) is 6.96. The summed E-state index contributed by atoms with van der Waals surface area (Å²) in [5.41, 5.74) is 2.70. The molecule has 0 saturated heterocycles. The maximum Gasteiger partial charge on any atom is 0.319 e. The fourth-order valence-electron chi connectivity index (χ4n) is 4.17. The molecule has 0 atom stereocenters. The molecule has 0 saturated carbocycles. The lowest BCUT2D eigenvalue weighted by atomic mass is 9.77. The second-order valence-electron chi connectivity index (χ2n) is 8.16. The van der Waals surface area contributed by atoms with Crippen LogP contribution in [0.5, 0.6) is 0 Å². The Hall–Kier alpha value is -3.51. The Bertz CT molecular complexity index is 1170. The van der Waals surface area contributed by atoms with E-state index in [4.69, 9.17) is 9.84 Å². The predicted molar refractivity (Wildman–Crippen MR) is 152 cm³/mol. The third kappa shape index (κ3) is 7.29. The normalized spacial score (nSPS) is 11.7. The van der Waals surface area contributed by atoms with Gasteiger partial charge in [-0.2, -0.15) is 0 Å². The summed E-state index contributed by atoms with van der Waals surface area (Å²) in [5, 5.41) is 4.88. The summed E-state index contributed by atoms with van der Waals surface area (Å²) in [6.45, 7) is 8.97. The van der Waals surface area contributed by atoms with Crippen LogP contribution in [0.25, 0.3) is 6.08 Å². The first-order valence-electron chi connectivity index (χ1n) is 12.8. The molecule has 0 aliphatic heterocycles. The van der Waals surface area contributed by atoms with Crippen LogP contribution in [0.2, 0.25) is 0 Å². The van der Waals surface area contributed by atoms with Crippen molar-refractivity contribution in [1.29, 1.82) is 0 Å². The largest absolute Gasteiger partial charge is 0.498 e. The molecule has 3 aromatic carbocycles. The van der Waals surface area contributed by atoms with Gasteiger partial charge in [-0.15, -0.1) is 5.10 Å². The number of hydrogen-bond acceptors (Lipinski definition) is 6. The van der Waals surface area contributed by atoms with E-state index in [0.29, 0.717) is 25.6 Å². The monoisotopic (exact) mass is 533 g/mol. The zero-order chi connectivity index (χ0) is 27.2. The van der Waals surface area contributed by atoms with E-state index >= 15 is 0 Å². The van der Waals surface area contributed by atoms with Gasteiger partial charge >= 0.3 is 8.25 Å². The molecule has 200 valence electrons. The van der Waals surface area contributed by atoms with Crippen LogP contribution in [-0.4, -0.2) is 34.6 Å². The number of aromatic nitrogens is 3. The molecule has 7 nitrogen and oxygen atoms in total. The van der Waals surface area contributed by atoms with Crippen LogP contribution >= 0.6 is 8.25 Å². The van der Waals surface area contributed by atoms with Crippen LogP contribution in [0.1, 0.15) is 50.2 Å². The van der Waals surface area contributed by atoms with E-state index in [9.17, 15) is 4.57 Å². The average molecular weight is 534 g/mol. The summed E-state index contributed by atoms with van der Waals surface area (Å²) in [5.74, 6) is 1.41. The molecule has 1 aromatic heterocycles. The van der Waals surface area contributed by atoms with Gasteiger partial charge in [-0.1, -0.05) is 91.0 Å². The Morgan fingerprint density at radius 1 is 0.789 bits per heavy atom. The minimum absolute atomic E-state index is 0.456. The number of hydrogen-bond donors (Lipinski definition) is 0. The Kier molecular flexibility index (Phi) is 11.5. The molecule has 38 heavy (non-hydrogen) atoms. The Morgan fingerprint density at radius 2 is 1.24 bits per heavy atom. The van der Waals surface area contributed by atoms with E-state index in [1.54, 1.807) is 20.2 Å². The molecule has 4 aromatic rings. The van der Waals surface area contributed by atoms with Crippen molar-refractivity contribution in [3.63, 3.8) is 0 Å². The van der Waals surface area contributed by atoms with Gasteiger partial charge in [0.25, 0.3) is 0 Å². The van der Waals surface area contributed by atoms with Crippen molar-refractivity contribution in [3.8, 4) is 0 Å². The summed E-state index contributed by atoms with van der Waals surface area (Å²) in [6, 6.07) is 31.3. The van der Waals surface area contributed by atoms with E-state index in [1.165, 1.54) is 0 Å². The highest BCUT2D eigenvalue weighted by Crippen LogP contribution is 2.40. The van der Waals surface area contributed by atoms with E-state index in [2.05, 4.69) is 86.8 Å². The molecule has 0 radical (unpaired) electrons. The second kappa shape index (κ2) is 15.0. The molecule has 8 heteroatoms. The van der Waals surface area contributed by atoms with Gasteiger partial charge in [-0.05, 0) is 44.4 Å². The lowest BCUT2D eigenvalue weighted by Gasteiger charge is -2.35. The molecule has 0 unspecified atom stereocenters. The highest BCUT2D eigenvalue weighted by atomic mass is 31.1. The summed E-state index contributed by atoms with van der Waals surface area (Å²) in [6.07, 6.45) is 3.67. The summed E-state index contributed by atoms with van der Waals surface area (Å²) >= 11 is 0. The molecule has 0 fully saturated rings. The smallest absolute Gasteiger partial charge is 0.319 e. The highest BCUT2D eigenvalue weighted by molar-refractivity contribution is 7.33. The number of ether oxygens (including phenoxy) is 1.